The van der Waals surface area contributed by atoms with Gasteiger partial charge in [0.2, 0.25) is 0 Å². The first-order valence-corrected chi connectivity index (χ1v) is 11.5. The van der Waals surface area contributed by atoms with Crippen LogP contribution in [-0.2, 0) is 35.2 Å². The van der Waals surface area contributed by atoms with Crippen molar-refractivity contribution < 1.29 is 14.3 Å². The normalized spacial score (nSPS) is 11.6. The summed E-state index contributed by atoms with van der Waals surface area (Å²) in [5.74, 6) is 0.751. The van der Waals surface area contributed by atoms with Gasteiger partial charge < -0.3 is 20.1 Å². The third-order valence-corrected chi connectivity index (χ3v) is 5.02. The van der Waals surface area contributed by atoms with Gasteiger partial charge in [0, 0.05) is 13.0 Å². The van der Waals surface area contributed by atoms with Crippen LogP contribution in [0.1, 0.15) is 49.4 Å². The SMILES string of the molecule is CN(C)CCOc1ccc(CCc2cc(CCN)cc(CCC(=O)OC(C)(C)C)c2)cc1. The Balaban J connectivity index is 1.96. The second kappa shape index (κ2) is 12.6. The molecule has 176 valence electrons. The number of hydrogen-bond donors (Lipinski definition) is 1. The van der Waals surface area contributed by atoms with Crippen LogP contribution < -0.4 is 10.5 Å². The number of likely N-dealkylation sites (N-methyl/N-ethyl adjacent to an activating group) is 1. The summed E-state index contributed by atoms with van der Waals surface area (Å²) in [7, 11) is 4.08. The van der Waals surface area contributed by atoms with Crippen LogP contribution >= 0.6 is 0 Å². The summed E-state index contributed by atoms with van der Waals surface area (Å²) in [6, 6.07) is 15.0. The summed E-state index contributed by atoms with van der Waals surface area (Å²) >= 11 is 0. The van der Waals surface area contributed by atoms with Crippen molar-refractivity contribution in [3.8, 4) is 5.75 Å². The van der Waals surface area contributed by atoms with E-state index in [9.17, 15) is 4.79 Å². The molecule has 5 heteroatoms. The largest absolute Gasteiger partial charge is 0.492 e. The maximum absolute atomic E-state index is 12.1. The summed E-state index contributed by atoms with van der Waals surface area (Å²) in [4.78, 5) is 14.2. The van der Waals surface area contributed by atoms with Crippen LogP contribution in [0.25, 0.3) is 0 Å². The number of hydrogen-bond acceptors (Lipinski definition) is 5. The lowest BCUT2D eigenvalue weighted by Gasteiger charge is -2.19. The van der Waals surface area contributed by atoms with Gasteiger partial charge in [0.15, 0.2) is 0 Å². The summed E-state index contributed by atoms with van der Waals surface area (Å²) in [6.45, 7) is 7.89. The zero-order chi connectivity index (χ0) is 23.6. The third-order valence-electron chi connectivity index (χ3n) is 5.02. The Bertz CT molecular complexity index is 839. The first kappa shape index (κ1) is 25.9. The van der Waals surface area contributed by atoms with Crippen LogP contribution in [0.15, 0.2) is 42.5 Å². The van der Waals surface area contributed by atoms with E-state index >= 15 is 0 Å². The van der Waals surface area contributed by atoms with Crippen LogP contribution in [0, 0.1) is 0 Å². The molecule has 0 aliphatic heterocycles. The number of ether oxygens (including phenoxy) is 2. The fourth-order valence-electron chi connectivity index (χ4n) is 3.47. The van der Waals surface area contributed by atoms with Crippen LogP contribution in [0.4, 0.5) is 0 Å². The molecule has 0 spiro atoms. The first-order chi connectivity index (χ1) is 15.1. The Morgan fingerprint density at radius 2 is 1.44 bits per heavy atom. The predicted octanol–water partition coefficient (Wildman–Crippen LogP) is 4.19. The molecule has 5 nitrogen and oxygen atoms in total. The maximum Gasteiger partial charge on any atom is 0.306 e. The summed E-state index contributed by atoms with van der Waals surface area (Å²) in [5, 5.41) is 0. The van der Waals surface area contributed by atoms with Crippen molar-refractivity contribution in [3.05, 3.63) is 64.7 Å². The number of rotatable bonds is 12. The van der Waals surface area contributed by atoms with Crippen molar-refractivity contribution in [1.29, 1.82) is 0 Å². The molecular formula is C27H40N2O3. The van der Waals surface area contributed by atoms with E-state index in [1.165, 1.54) is 22.3 Å². The molecule has 0 heterocycles. The minimum atomic E-state index is -0.448. The lowest BCUT2D eigenvalue weighted by molar-refractivity contribution is -0.154. The van der Waals surface area contributed by atoms with Gasteiger partial charge in [-0.3, -0.25) is 4.79 Å². The fourth-order valence-corrected chi connectivity index (χ4v) is 3.47. The highest BCUT2D eigenvalue weighted by Crippen LogP contribution is 2.18. The van der Waals surface area contributed by atoms with Gasteiger partial charge in [0.1, 0.15) is 18.0 Å². The monoisotopic (exact) mass is 440 g/mol. The lowest BCUT2D eigenvalue weighted by Crippen LogP contribution is -2.24. The van der Waals surface area contributed by atoms with E-state index in [0.717, 1.165) is 31.6 Å². The molecule has 2 rings (SSSR count). The van der Waals surface area contributed by atoms with Crippen molar-refractivity contribution in [2.24, 2.45) is 5.73 Å². The van der Waals surface area contributed by atoms with Gasteiger partial charge in [0.05, 0.1) is 0 Å². The standard InChI is InChI=1S/C27H40N2O3/c1-27(2,3)32-26(30)13-10-23-18-22(19-24(20-23)14-15-28)7-6-21-8-11-25(12-9-21)31-17-16-29(4)5/h8-9,11-12,18-20H,6-7,10,13-17,28H2,1-5H3. The smallest absolute Gasteiger partial charge is 0.306 e. The van der Waals surface area contributed by atoms with Crippen LogP contribution in [0.5, 0.6) is 5.75 Å². The zero-order valence-corrected chi connectivity index (χ0v) is 20.4. The topological polar surface area (TPSA) is 64.8 Å². The van der Waals surface area contributed by atoms with E-state index in [0.29, 0.717) is 26.0 Å². The van der Waals surface area contributed by atoms with Crippen LogP contribution in [0.2, 0.25) is 0 Å². The van der Waals surface area contributed by atoms with Crippen molar-refractivity contribution in [1.82, 2.24) is 4.90 Å². The number of esters is 1. The molecule has 2 aromatic rings. The van der Waals surface area contributed by atoms with Gasteiger partial charge in [-0.15, -0.1) is 0 Å². The van der Waals surface area contributed by atoms with Gasteiger partial charge in [-0.25, -0.2) is 0 Å². The van der Waals surface area contributed by atoms with Gasteiger partial charge in [-0.1, -0.05) is 30.3 Å². The molecule has 0 fully saturated rings. The average molecular weight is 441 g/mol. The number of carbonyl (C=O) groups is 1. The van der Waals surface area contributed by atoms with E-state index < -0.39 is 5.60 Å². The van der Waals surface area contributed by atoms with Crippen LogP contribution in [-0.4, -0.2) is 50.3 Å². The highest BCUT2D eigenvalue weighted by atomic mass is 16.6. The Morgan fingerprint density at radius 1 is 0.875 bits per heavy atom. The maximum atomic E-state index is 12.1. The van der Waals surface area contributed by atoms with E-state index in [1.54, 1.807) is 0 Å². The number of carbonyl (C=O) groups excluding carboxylic acids is 1. The molecular weight excluding hydrogens is 400 g/mol. The Morgan fingerprint density at radius 3 is 2.00 bits per heavy atom. The molecule has 2 N–H and O–H groups in total. The van der Waals surface area contributed by atoms with Gasteiger partial charge in [-0.2, -0.15) is 0 Å². The van der Waals surface area contributed by atoms with Gasteiger partial charge in [0.25, 0.3) is 0 Å². The number of aryl methyl sites for hydroxylation is 3. The van der Waals surface area contributed by atoms with Crippen molar-refractivity contribution >= 4 is 5.97 Å². The molecule has 0 aromatic heterocycles. The van der Waals surface area contributed by atoms with Crippen molar-refractivity contribution in [2.75, 3.05) is 33.8 Å². The highest BCUT2D eigenvalue weighted by molar-refractivity contribution is 5.70. The predicted molar refractivity (Wildman–Crippen MR) is 131 cm³/mol. The number of nitrogens with zero attached hydrogens (tertiary/aromatic N) is 1. The summed E-state index contributed by atoms with van der Waals surface area (Å²) in [5.41, 5.74) is 10.3. The molecule has 0 radical (unpaired) electrons. The van der Waals surface area contributed by atoms with Gasteiger partial charge >= 0.3 is 5.97 Å². The second-order valence-electron chi connectivity index (χ2n) is 9.58. The van der Waals surface area contributed by atoms with E-state index in [4.69, 9.17) is 15.2 Å². The third kappa shape index (κ3) is 10.3. The molecule has 0 saturated heterocycles. The van der Waals surface area contributed by atoms with Gasteiger partial charge in [-0.05, 0) is 101 Å². The lowest BCUT2D eigenvalue weighted by atomic mass is 9.96. The Labute approximate surface area is 193 Å². The minimum absolute atomic E-state index is 0.156. The average Bonchev–Trinajstić information content (AvgIpc) is 2.70. The first-order valence-electron chi connectivity index (χ1n) is 11.5. The molecule has 0 saturated carbocycles. The Hall–Kier alpha value is -2.37. The van der Waals surface area contributed by atoms with E-state index in [-0.39, 0.29) is 5.97 Å². The molecule has 0 bridgehead atoms. The summed E-state index contributed by atoms with van der Waals surface area (Å²) in [6.07, 6.45) is 3.80. The molecule has 0 amide bonds. The number of nitrogens with two attached hydrogens (primary N) is 1. The number of benzene rings is 2. The summed E-state index contributed by atoms with van der Waals surface area (Å²) < 4.78 is 11.2. The zero-order valence-electron chi connectivity index (χ0n) is 20.4. The molecule has 0 aliphatic rings. The second-order valence-corrected chi connectivity index (χ2v) is 9.58. The molecule has 0 unspecified atom stereocenters. The van der Waals surface area contributed by atoms with Crippen molar-refractivity contribution in [3.63, 3.8) is 0 Å². The quantitative estimate of drug-likeness (QED) is 0.502. The molecule has 0 atom stereocenters. The fraction of sp³-hybridized carbons (Fsp3) is 0.519. The van der Waals surface area contributed by atoms with E-state index in [2.05, 4.69) is 35.2 Å². The molecule has 0 aliphatic carbocycles. The Kier molecular flexibility index (Phi) is 10.2. The minimum Gasteiger partial charge on any atom is -0.492 e. The molecule has 2 aromatic carbocycles. The van der Waals surface area contributed by atoms with Crippen molar-refractivity contribution in [2.45, 2.75) is 58.5 Å². The highest BCUT2D eigenvalue weighted by Gasteiger charge is 2.16. The van der Waals surface area contributed by atoms with E-state index in [1.807, 2.05) is 47.0 Å². The molecule has 32 heavy (non-hydrogen) atoms. The van der Waals surface area contributed by atoms with Crippen LogP contribution in [0.3, 0.4) is 0 Å².